The zero-order valence-electron chi connectivity index (χ0n) is 8.29. The lowest BCUT2D eigenvalue weighted by molar-refractivity contribution is 0.00730. The molecule has 0 unspecified atom stereocenters. The molecule has 1 aromatic rings. The molecule has 0 aromatic carbocycles. The molecular formula is C8H15N5O. The number of tetrazole rings is 1. The Kier molecular flexibility index (Phi) is 2.62. The van der Waals surface area contributed by atoms with Crippen molar-refractivity contribution in [2.24, 2.45) is 0 Å². The summed E-state index contributed by atoms with van der Waals surface area (Å²) in [5.74, 6) is 0.535. The molecule has 14 heavy (non-hydrogen) atoms. The number of aromatic amines is 1. The minimum Gasteiger partial charge on any atom is -0.376 e. The van der Waals surface area contributed by atoms with Crippen molar-refractivity contribution in [3.05, 3.63) is 0 Å². The molecule has 0 atom stereocenters. The van der Waals surface area contributed by atoms with Gasteiger partial charge in [-0.25, -0.2) is 0 Å². The predicted octanol–water partition coefficient (Wildman–Crippen LogP) is 0.571. The first-order valence-electron chi connectivity index (χ1n) is 4.87. The number of aromatic nitrogens is 4. The molecule has 0 spiro atoms. The van der Waals surface area contributed by atoms with Gasteiger partial charge in [0, 0.05) is 13.7 Å². The maximum atomic E-state index is 5.55. The average Bonchev–Trinajstić information content (AvgIpc) is 2.87. The van der Waals surface area contributed by atoms with Crippen LogP contribution in [0, 0.1) is 0 Å². The maximum Gasteiger partial charge on any atom is 0.263 e. The van der Waals surface area contributed by atoms with Crippen LogP contribution in [0.15, 0.2) is 0 Å². The van der Waals surface area contributed by atoms with Gasteiger partial charge in [-0.3, -0.25) is 0 Å². The number of nitrogens with zero attached hydrogens (tertiary/aromatic N) is 3. The summed E-state index contributed by atoms with van der Waals surface area (Å²) in [6, 6.07) is 0. The second-order valence-electron chi connectivity index (χ2n) is 3.68. The highest BCUT2D eigenvalue weighted by Gasteiger charge is 2.33. The highest BCUT2D eigenvalue weighted by molar-refractivity contribution is 5.20. The van der Waals surface area contributed by atoms with Crippen LogP contribution in [0.2, 0.25) is 0 Å². The van der Waals surface area contributed by atoms with Gasteiger partial charge in [-0.05, 0) is 18.1 Å². The molecule has 6 nitrogen and oxygen atoms in total. The van der Waals surface area contributed by atoms with Gasteiger partial charge in [-0.15, -0.1) is 5.10 Å². The lowest BCUT2D eigenvalue weighted by Gasteiger charge is -2.27. The van der Waals surface area contributed by atoms with E-state index >= 15 is 0 Å². The number of hydrogen-bond acceptors (Lipinski definition) is 5. The summed E-state index contributed by atoms with van der Waals surface area (Å²) in [7, 11) is 1.77. The third kappa shape index (κ3) is 1.84. The van der Waals surface area contributed by atoms with E-state index in [9.17, 15) is 0 Å². The zero-order chi connectivity index (χ0) is 9.86. The summed E-state index contributed by atoms with van der Waals surface area (Å²) in [5, 5.41) is 16.7. The minimum atomic E-state index is -0.0272. The molecule has 1 aliphatic rings. The van der Waals surface area contributed by atoms with E-state index in [1.165, 1.54) is 12.8 Å². The molecule has 2 rings (SSSR count). The molecule has 0 bridgehead atoms. The Labute approximate surface area is 82.4 Å². The monoisotopic (exact) mass is 197 g/mol. The third-order valence-electron chi connectivity index (χ3n) is 2.86. The first kappa shape index (κ1) is 9.39. The van der Waals surface area contributed by atoms with Crippen LogP contribution in [0.25, 0.3) is 0 Å². The van der Waals surface area contributed by atoms with E-state index in [1.54, 1.807) is 7.11 Å². The lowest BCUT2D eigenvalue weighted by Crippen LogP contribution is -2.36. The van der Waals surface area contributed by atoms with Gasteiger partial charge in [0.05, 0.1) is 5.60 Å². The van der Waals surface area contributed by atoms with Gasteiger partial charge in [0.25, 0.3) is 5.95 Å². The highest BCUT2D eigenvalue weighted by atomic mass is 16.5. The van der Waals surface area contributed by atoms with Crippen molar-refractivity contribution in [3.8, 4) is 0 Å². The Balaban J connectivity index is 1.89. The standard InChI is InChI=1S/C8H15N5O/c1-14-8(4-2-3-5-8)6-9-7-10-12-13-11-7/h2-6H2,1H3,(H2,9,10,11,12,13). The van der Waals surface area contributed by atoms with E-state index in [1.807, 2.05) is 0 Å². The van der Waals surface area contributed by atoms with E-state index < -0.39 is 0 Å². The normalized spacial score (nSPS) is 19.8. The van der Waals surface area contributed by atoms with Crippen molar-refractivity contribution < 1.29 is 4.74 Å². The van der Waals surface area contributed by atoms with Crippen LogP contribution in [-0.2, 0) is 4.74 Å². The first-order valence-corrected chi connectivity index (χ1v) is 4.87. The van der Waals surface area contributed by atoms with Crippen molar-refractivity contribution in [3.63, 3.8) is 0 Å². The molecule has 78 valence electrons. The van der Waals surface area contributed by atoms with Crippen molar-refractivity contribution in [1.82, 2.24) is 20.6 Å². The zero-order valence-corrected chi connectivity index (χ0v) is 8.29. The Morgan fingerprint density at radius 2 is 2.29 bits per heavy atom. The summed E-state index contributed by atoms with van der Waals surface area (Å²) >= 11 is 0. The van der Waals surface area contributed by atoms with Crippen LogP contribution in [-0.4, -0.2) is 39.9 Å². The van der Waals surface area contributed by atoms with E-state index in [4.69, 9.17) is 4.74 Å². The number of ether oxygens (including phenoxy) is 1. The van der Waals surface area contributed by atoms with Crippen LogP contribution < -0.4 is 5.32 Å². The first-order chi connectivity index (χ1) is 6.85. The average molecular weight is 197 g/mol. The van der Waals surface area contributed by atoms with Gasteiger partial charge in [-0.2, -0.15) is 5.21 Å². The third-order valence-corrected chi connectivity index (χ3v) is 2.86. The number of anilines is 1. The topological polar surface area (TPSA) is 75.7 Å². The molecule has 0 saturated heterocycles. The number of methoxy groups -OCH3 is 1. The Morgan fingerprint density at radius 3 is 2.86 bits per heavy atom. The molecule has 6 heteroatoms. The molecule has 0 aliphatic heterocycles. The predicted molar refractivity (Wildman–Crippen MR) is 50.9 cm³/mol. The summed E-state index contributed by atoms with van der Waals surface area (Å²) in [6.07, 6.45) is 4.69. The fourth-order valence-corrected chi connectivity index (χ4v) is 1.95. The molecule has 1 aromatic heterocycles. The number of rotatable bonds is 4. The van der Waals surface area contributed by atoms with Crippen molar-refractivity contribution in [2.45, 2.75) is 31.3 Å². The van der Waals surface area contributed by atoms with Gasteiger partial charge >= 0.3 is 0 Å². The molecule has 2 N–H and O–H groups in total. The van der Waals surface area contributed by atoms with E-state index in [0.29, 0.717) is 5.95 Å². The smallest absolute Gasteiger partial charge is 0.263 e. The number of H-pyrrole nitrogens is 1. The van der Waals surface area contributed by atoms with Crippen molar-refractivity contribution in [2.75, 3.05) is 19.0 Å². The largest absolute Gasteiger partial charge is 0.376 e. The number of hydrogen-bond donors (Lipinski definition) is 2. The molecule has 1 fully saturated rings. The molecular weight excluding hydrogens is 182 g/mol. The van der Waals surface area contributed by atoms with E-state index in [0.717, 1.165) is 19.4 Å². The van der Waals surface area contributed by atoms with Crippen LogP contribution in [0.5, 0.6) is 0 Å². The van der Waals surface area contributed by atoms with Gasteiger partial charge in [0.1, 0.15) is 0 Å². The Morgan fingerprint density at radius 1 is 1.50 bits per heavy atom. The minimum absolute atomic E-state index is 0.0272. The van der Waals surface area contributed by atoms with Crippen LogP contribution >= 0.6 is 0 Å². The summed E-state index contributed by atoms with van der Waals surface area (Å²) in [5.41, 5.74) is -0.0272. The van der Waals surface area contributed by atoms with Gasteiger partial charge in [-0.1, -0.05) is 17.9 Å². The summed E-state index contributed by atoms with van der Waals surface area (Å²) < 4.78 is 5.55. The molecule has 1 heterocycles. The molecule has 0 radical (unpaired) electrons. The second-order valence-corrected chi connectivity index (χ2v) is 3.68. The van der Waals surface area contributed by atoms with Crippen molar-refractivity contribution in [1.29, 1.82) is 0 Å². The maximum absolute atomic E-state index is 5.55. The van der Waals surface area contributed by atoms with Crippen LogP contribution in [0.3, 0.4) is 0 Å². The summed E-state index contributed by atoms with van der Waals surface area (Å²) in [6.45, 7) is 0.753. The molecule has 1 saturated carbocycles. The fourth-order valence-electron chi connectivity index (χ4n) is 1.95. The van der Waals surface area contributed by atoms with Crippen molar-refractivity contribution >= 4 is 5.95 Å². The second kappa shape index (κ2) is 3.91. The highest BCUT2D eigenvalue weighted by Crippen LogP contribution is 2.32. The Bertz CT molecular complexity index is 267. The van der Waals surface area contributed by atoms with E-state index in [2.05, 4.69) is 25.9 Å². The Hall–Kier alpha value is -1.17. The quantitative estimate of drug-likeness (QED) is 0.738. The van der Waals surface area contributed by atoms with E-state index in [-0.39, 0.29) is 5.60 Å². The summed E-state index contributed by atoms with van der Waals surface area (Å²) in [4.78, 5) is 0. The lowest BCUT2D eigenvalue weighted by atomic mass is 10.0. The van der Waals surface area contributed by atoms with Gasteiger partial charge in [0.15, 0.2) is 0 Å². The molecule has 0 amide bonds. The van der Waals surface area contributed by atoms with Gasteiger partial charge in [0.2, 0.25) is 0 Å². The fraction of sp³-hybridized carbons (Fsp3) is 0.875. The van der Waals surface area contributed by atoms with Crippen LogP contribution in [0.1, 0.15) is 25.7 Å². The SMILES string of the molecule is COC1(CNc2nn[nH]n2)CCCC1. The molecule has 1 aliphatic carbocycles. The van der Waals surface area contributed by atoms with Crippen LogP contribution in [0.4, 0.5) is 5.95 Å². The number of nitrogens with one attached hydrogen (secondary N) is 2. The van der Waals surface area contributed by atoms with Gasteiger partial charge < -0.3 is 10.1 Å².